The molecule has 0 amide bonds. The fourth-order valence-electron chi connectivity index (χ4n) is 2.12. The number of nitrogens with two attached hydrogens (primary N) is 1. The lowest BCUT2D eigenvalue weighted by molar-refractivity contribution is -0.117. The average Bonchev–Trinajstić information content (AvgIpc) is 2.80. The third-order valence-corrected chi connectivity index (χ3v) is 3.00. The van der Waals surface area contributed by atoms with E-state index in [4.69, 9.17) is 15.2 Å². The van der Waals surface area contributed by atoms with Gasteiger partial charge in [-0.05, 0) is 6.92 Å². The molecule has 0 atom stereocenters. The van der Waals surface area contributed by atoms with Crippen LogP contribution in [0.15, 0.2) is 6.20 Å². The van der Waals surface area contributed by atoms with Gasteiger partial charge in [-0.15, -0.1) is 0 Å². The number of hydrogen-bond acceptors (Lipinski definition) is 4. The Morgan fingerprint density at radius 1 is 1.56 bits per heavy atom. The third-order valence-electron chi connectivity index (χ3n) is 3.00. The van der Waals surface area contributed by atoms with Crippen molar-refractivity contribution in [2.75, 3.05) is 19.8 Å². The van der Waals surface area contributed by atoms with E-state index in [0.717, 1.165) is 37.6 Å². The van der Waals surface area contributed by atoms with Gasteiger partial charge in [0.15, 0.2) is 0 Å². The quantitative estimate of drug-likeness (QED) is 0.799. The van der Waals surface area contributed by atoms with Gasteiger partial charge < -0.3 is 20.2 Å². The molecule has 2 rings (SSSR count). The molecule has 0 saturated carbocycles. The molecule has 1 saturated heterocycles. The minimum absolute atomic E-state index is 0.305. The van der Waals surface area contributed by atoms with Crippen LogP contribution in [-0.4, -0.2) is 29.8 Å². The number of nitrogens with one attached hydrogen (secondary N) is 1. The SMILES string of the molecule is CCOC1(c2ncc(CN)[nH]2)CCOCC1. The van der Waals surface area contributed by atoms with Gasteiger partial charge in [0.1, 0.15) is 11.4 Å². The van der Waals surface area contributed by atoms with Crippen molar-refractivity contribution in [3.63, 3.8) is 0 Å². The zero-order valence-corrected chi connectivity index (χ0v) is 9.66. The lowest BCUT2D eigenvalue weighted by Gasteiger charge is -2.35. The van der Waals surface area contributed by atoms with Crippen molar-refractivity contribution in [2.45, 2.75) is 31.9 Å². The summed E-state index contributed by atoms with van der Waals surface area (Å²) in [5, 5.41) is 0. The fourth-order valence-corrected chi connectivity index (χ4v) is 2.12. The molecule has 5 nitrogen and oxygen atoms in total. The van der Waals surface area contributed by atoms with Crippen LogP contribution in [0.2, 0.25) is 0 Å². The molecule has 0 aliphatic carbocycles. The van der Waals surface area contributed by atoms with Crippen LogP contribution < -0.4 is 5.73 Å². The predicted octanol–water partition coefficient (Wildman–Crippen LogP) is 0.911. The summed E-state index contributed by atoms with van der Waals surface area (Å²) in [6.45, 7) is 4.60. The van der Waals surface area contributed by atoms with Crippen LogP contribution in [0.25, 0.3) is 0 Å². The first kappa shape index (κ1) is 11.6. The molecule has 5 heteroatoms. The van der Waals surface area contributed by atoms with Crippen LogP contribution in [0.4, 0.5) is 0 Å². The van der Waals surface area contributed by atoms with Crippen LogP contribution in [0.1, 0.15) is 31.3 Å². The number of nitrogens with zero attached hydrogens (tertiary/aromatic N) is 1. The maximum Gasteiger partial charge on any atom is 0.138 e. The van der Waals surface area contributed by atoms with Crippen molar-refractivity contribution in [2.24, 2.45) is 5.73 Å². The molecule has 0 radical (unpaired) electrons. The summed E-state index contributed by atoms with van der Waals surface area (Å²) in [7, 11) is 0. The lowest BCUT2D eigenvalue weighted by atomic mass is 9.93. The molecule has 0 unspecified atom stereocenters. The Labute approximate surface area is 95.3 Å². The Hall–Kier alpha value is -0.910. The molecule has 1 aliphatic heterocycles. The van der Waals surface area contributed by atoms with E-state index >= 15 is 0 Å². The second-order valence-corrected chi connectivity index (χ2v) is 4.00. The van der Waals surface area contributed by atoms with Gasteiger partial charge in [-0.2, -0.15) is 0 Å². The molecule has 1 aliphatic rings. The second kappa shape index (κ2) is 4.95. The summed E-state index contributed by atoms with van der Waals surface area (Å²) >= 11 is 0. The van der Waals surface area contributed by atoms with E-state index < -0.39 is 0 Å². The zero-order valence-electron chi connectivity index (χ0n) is 9.66. The molecule has 0 bridgehead atoms. The molecular formula is C11H19N3O2. The van der Waals surface area contributed by atoms with Crippen molar-refractivity contribution in [1.29, 1.82) is 0 Å². The first-order valence-electron chi connectivity index (χ1n) is 5.77. The van der Waals surface area contributed by atoms with Crippen molar-refractivity contribution in [3.8, 4) is 0 Å². The Morgan fingerprint density at radius 2 is 2.31 bits per heavy atom. The van der Waals surface area contributed by atoms with E-state index in [1.165, 1.54) is 0 Å². The summed E-state index contributed by atoms with van der Waals surface area (Å²) in [6.07, 6.45) is 3.47. The summed E-state index contributed by atoms with van der Waals surface area (Å²) < 4.78 is 11.3. The summed E-state index contributed by atoms with van der Waals surface area (Å²) in [5.41, 5.74) is 6.21. The van der Waals surface area contributed by atoms with E-state index in [9.17, 15) is 0 Å². The van der Waals surface area contributed by atoms with E-state index in [1.54, 1.807) is 6.20 Å². The van der Waals surface area contributed by atoms with Gasteiger partial charge in [-0.3, -0.25) is 0 Å². The van der Waals surface area contributed by atoms with Crippen molar-refractivity contribution >= 4 is 0 Å². The van der Waals surface area contributed by atoms with Crippen LogP contribution in [0.5, 0.6) is 0 Å². The molecule has 1 aromatic heterocycles. The molecule has 0 aromatic carbocycles. The van der Waals surface area contributed by atoms with Gasteiger partial charge in [0.05, 0.1) is 0 Å². The van der Waals surface area contributed by atoms with Gasteiger partial charge in [-0.1, -0.05) is 0 Å². The van der Waals surface area contributed by atoms with E-state index in [1.807, 2.05) is 6.92 Å². The molecule has 16 heavy (non-hydrogen) atoms. The monoisotopic (exact) mass is 225 g/mol. The van der Waals surface area contributed by atoms with Crippen LogP contribution >= 0.6 is 0 Å². The number of rotatable bonds is 4. The molecular weight excluding hydrogens is 206 g/mol. The maximum atomic E-state index is 5.90. The maximum absolute atomic E-state index is 5.90. The Balaban J connectivity index is 2.23. The van der Waals surface area contributed by atoms with E-state index in [2.05, 4.69) is 9.97 Å². The van der Waals surface area contributed by atoms with Gasteiger partial charge in [-0.25, -0.2) is 4.98 Å². The van der Waals surface area contributed by atoms with Crippen LogP contribution in [-0.2, 0) is 21.6 Å². The predicted molar refractivity (Wildman–Crippen MR) is 59.8 cm³/mol. The number of ether oxygens (including phenoxy) is 2. The minimum atomic E-state index is -0.305. The summed E-state index contributed by atoms with van der Waals surface area (Å²) in [4.78, 5) is 7.63. The van der Waals surface area contributed by atoms with Gasteiger partial charge >= 0.3 is 0 Å². The third kappa shape index (κ3) is 2.11. The van der Waals surface area contributed by atoms with Gasteiger partial charge in [0, 0.05) is 51.1 Å². The van der Waals surface area contributed by atoms with Gasteiger partial charge in [0.25, 0.3) is 0 Å². The molecule has 1 fully saturated rings. The molecule has 0 spiro atoms. The standard InChI is InChI=1S/C11H19N3O2/c1-2-16-11(3-5-15-6-4-11)10-13-8-9(7-12)14-10/h8H,2-7,12H2,1H3,(H,13,14). The molecule has 2 heterocycles. The lowest BCUT2D eigenvalue weighted by Crippen LogP contribution is -2.37. The second-order valence-electron chi connectivity index (χ2n) is 4.00. The van der Waals surface area contributed by atoms with Crippen molar-refractivity contribution < 1.29 is 9.47 Å². The number of H-pyrrole nitrogens is 1. The Bertz CT molecular complexity index is 326. The van der Waals surface area contributed by atoms with E-state index in [-0.39, 0.29) is 5.60 Å². The highest BCUT2D eigenvalue weighted by Gasteiger charge is 2.37. The summed E-state index contributed by atoms with van der Waals surface area (Å²) in [6, 6.07) is 0. The average molecular weight is 225 g/mol. The molecule has 90 valence electrons. The number of aromatic nitrogens is 2. The summed E-state index contributed by atoms with van der Waals surface area (Å²) in [5.74, 6) is 0.887. The number of imidazole rings is 1. The Morgan fingerprint density at radius 3 is 2.88 bits per heavy atom. The highest BCUT2D eigenvalue weighted by Crippen LogP contribution is 2.34. The van der Waals surface area contributed by atoms with Crippen LogP contribution in [0.3, 0.4) is 0 Å². The van der Waals surface area contributed by atoms with Crippen molar-refractivity contribution in [1.82, 2.24) is 9.97 Å². The number of hydrogen-bond donors (Lipinski definition) is 2. The first-order chi connectivity index (χ1) is 7.80. The molecule has 3 N–H and O–H groups in total. The minimum Gasteiger partial charge on any atom is -0.381 e. The fraction of sp³-hybridized carbons (Fsp3) is 0.727. The number of aromatic amines is 1. The highest BCUT2D eigenvalue weighted by atomic mass is 16.5. The van der Waals surface area contributed by atoms with Crippen LogP contribution in [0, 0.1) is 0 Å². The molecule has 1 aromatic rings. The topological polar surface area (TPSA) is 73.2 Å². The Kier molecular flexibility index (Phi) is 3.58. The van der Waals surface area contributed by atoms with Gasteiger partial charge in [0.2, 0.25) is 0 Å². The smallest absolute Gasteiger partial charge is 0.138 e. The normalized spacial score (nSPS) is 19.9. The largest absolute Gasteiger partial charge is 0.381 e. The van der Waals surface area contributed by atoms with Crippen molar-refractivity contribution in [3.05, 3.63) is 17.7 Å². The highest BCUT2D eigenvalue weighted by molar-refractivity contribution is 5.09. The zero-order chi connectivity index (χ0) is 11.4. The first-order valence-corrected chi connectivity index (χ1v) is 5.77. The van der Waals surface area contributed by atoms with E-state index in [0.29, 0.717) is 13.2 Å².